The third kappa shape index (κ3) is 3.29. The van der Waals surface area contributed by atoms with Crippen molar-refractivity contribution in [1.82, 2.24) is 10.2 Å². The summed E-state index contributed by atoms with van der Waals surface area (Å²) in [6, 6.07) is 5.61. The number of rotatable bonds is 3. The van der Waals surface area contributed by atoms with Crippen molar-refractivity contribution in [1.29, 1.82) is 0 Å². The zero-order valence-electron chi connectivity index (χ0n) is 13.8. The highest BCUT2D eigenvalue weighted by atomic mass is 19.4. The van der Waals surface area contributed by atoms with Crippen LogP contribution in [0.25, 0.3) is 0 Å². The van der Waals surface area contributed by atoms with Crippen molar-refractivity contribution in [2.24, 2.45) is 0 Å². The van der Waals surface area contributed by atoms with E-state index in [0.717, 1.165) is 44.5 Å². The van der Waals surface area contributed by atoms with E-state index < -0.39 is 17.7 Å². The summed E-state index contributed by atoms with van der Waals surface area (Å²) < 4.78 is 38.9. The maximum Gasteiger partial charge on any atom is 0.416 e. The second-order valence-corrected chi connectivity index (χ2v) is 6.71. The molecule has 2 fully saturated rings. The number of amides is 1. The first-order valence-corrected chi connectivity index (χ1v) is 8.62. The molecule has 2 aliphatic rings. The molecule has 2 bridgehead atoms. The molecule has 0 aliphatic carbocycles. The Morgan fingerprint density at radius 3 is 2.75 bits per heavy atom. The number of benzene rings is 1. The Morgan fingerprint density at radius 1 is 1.29 bits per heavy atom. The number of nitrogens with zero attached hydrogens (tertiary/aromatic N) is 1. The van der Waals surface area contributed by atoms with Crippen LogP contribution in [0.5, 0.6) is 0 Å². The molecule has 1 N–H and O–H groups in total. The second-order valence-electron chi connectivity index (χ2n) is 6.71. The largest absolute Gasteiger partial charge is 0.416 e. The molecule has 0 saturated carbocycles. The molecule has 0 aromatic heterocycles. The summed E-state index contributed by atoms with van der Waals surface area (Å²) in [5, 5.41) is 3.35. The Morgan fingerprint density at radius 2 is 2.04 bits per heavy atom. The van der Waals surface area contributed by atoms with E-state index in [2.05, 4.69) is 5.32 Å². The van der Waals surface area contributed by atoms with Crippen molar-refractivity contribution in [3.8, 4) is 0 Å². The van der Waals surface area contributed by atoms with Gasteiger partial charge in [0.15, 0.2) is 0 Å². The van der Waals surface area contributed by atoms with Crippen molar-refractivity contribution < 1.29 is 18.0 Å². The standard InChI is InChI=1S/C18H23F3N2O/c1-2-16(12-4-3-5-13(10-12)18(19,20)21)17(24)23-14-6-7-15(23)11-22-9-8-14/h3-5,10,14-16,22H,2,6-9,11H2,1H3. The molecule has 2 aliphatic heterocycles. The van der Waals surface area contributed by atoms with Gasteiger partial charge in [-0.2, -0.15) is 13.2 Å². The van der Waals surface area contributed by atoms with Gasteiger partial charge in [0.2, 0.25) is 5.91 Å². The Bertz CT molecular complexity index is 588. The van der Waals surface area contributed by atoms with Crippen molar-refractivity contribution in [2.75, 3.05) is 13.1 Å². The maximum absolute atomic E-state index is 13.1. The van der Waals surface area contributed by atoms with Crippen LogP contribution in [-0.4, -0.2) is 36.0 Å². The first kappa shape index (κ1) is 17.3. The summed E-state index contributed by atoms with van der Waals surface area (Å²) in [7, 11) is 0. The molecule has 1 aromatic carbocycles. The minimum atomic E-state index is -4.39. The molecule has 24 heavy (non-hydrogen) atoms. The second kappa shape index (κ2) is 6.75. The molecule has 6 heteroatoms. The zero-order chi connectivity index (χ0) is 17.3. The normalized spacial score (nSPS) is 25.4. The first-order valence-electron chi connectivity index (χ1n) is 8.62. The van der Waals surface area contributed by atoms with Crippen LogP contribution >= 0.6 is 0 Å². The smallest absolute Gasteiger partial charge is 0.335 e. The van der Waals surface area contributed by atoms with Crippen LogP contribution in [-0.2, 0) is 11.0 Å². The van der Waals surface area contributed by atoms with Crippen LogP contribution in [0.2, 0.25) is 0 Å². The lowest BCUT2D eigenvalue weighted by Crippen LogP contribution is -2.44. The highest BCUT2D eigenvalue weighted by Crippen LogP contribution is 2.35. The Kier molecular flexibility index (Phi) is 4.85. The van der Waals surface area contributed by atoms with E-state index in [1.54, 1.807) is 6.07 Å². The quantitative estimate of drug-likeness (QED) is 0.913. The number of alkyl halides is 3. The molecule has 2 heterocycles. The molecule has 0 spiro atoms. The van der Waals surface area contributed by atoms with E-state index in [1.807, 2.05) is 11.8 Å². The summed E-state index contributed by atoms with van der Waals surface area (Å²) in [4.78, 5) is 15.1. The van der Waals surface area contributed by atoms with E-state index in [0.29, 0.717) is 12.0 Å². The lowest BCUT2D eigenvalue weighted by Gasteiger charge is -2.31. The van der Waals surface area contributed by atoms with Crippen LogP contribution in [0.4, 0.5) is 13.2 Å². The Hall–Kier alpha value is -1.56. The van der Waals surface area contributed by atoms with Gasteiger partial charge in [0.05, 0.1) is 11.5 Å². The van der Waals surface area contributed by atoms with Crippen LogP contribution in [0.1, 0.15) is 49.7 Å². The van der Waals surface area contributed by atoms with Crippen molar-refractivity contribution >= 4 is 5.91 Å². The van der Waals surface area contributed by atoms with Crippen molar-refractivity contribution in [3.63, 3.8) is 0 Å². The Balaban J connectivity index is 1.87. The fraction of sp³-hybridized carbons (Fsp3) is 0.611. The van der Waals surface area contributed by atoms with Gasteiger partial charge in [0, 0.05) is 18.6 Å². The van der Waals surface area contributed by atoms with Gasteiger partial charge in [-0.05, 0) is 43.9 Å². The van der Waals surface area contributed by atoms with Gasteiger partial charge in [-0.1, -0.05) is 25.1 Å². The maximum atomic E-state index is 13.1. The molecular formula is C18H23F3N2O. The Labute approximate surface area is 140 Å². The third-order valence-corrected chi connectivity index (χ3v) is 5.23. The van der Waals surface area contributed by atoms with Gasteiger partial charge in [-0.15, -0.1) is 0 Å². The fourth-order valence-electron chi connectivity index (χ4n) is 4.01. The molecule has 1 amide bonds. The van der Waals surface area contributed by atoms with Gasteiger partial charge >= 0.3 is 6.18 Å². The highest BCUT2D eigenvalue weighted by molar-refractivity contribution is 5.84. The SMILES string of the molecule is CCC(C(=O)N1C2CCNCC1CC2)c1cccc(C(F)(F)F)c1. The first-order chi connectivity index (χ1) is 11.4. The summed E-state index contributed by atoms with van der Waals surface area (Å²) in [5.74, 6) is -0.526. The van der Waals surface area contributed by atoms with E-state index in [1.165, 1.54) is 6.07 Å². The lowest BCUT2D eigenvalue weighted by atomic mass is 9.92. The van der Waals surface area contributed by atoms with Crippen LogP contribution in [0.15, 0.2) is 24.3 Å². The third-order valence-electron chi connectivity index (χ3n) is 5.23. The zero-order valence-corrected chi connectivity index (χ0v) is 13.8. The van der Waals surface area contributed by atoms with Crippen LogP contribution in [0, 0.1) is 0 Å². The lowest BCUT2D eigenvalue weighted by molar-refractivity contribution is -0.138. The van der Waals surface area contributed by atoms with E-state index in [4.69, 9.17) is 0 Å². The van der Waals surface area contributed by atoms with Gasteiger partial charge in [0.25, 0.3) is 0 Å². The van der Waals surface area contributed by atoms with E-state index in [-0.39, 0.29) is 18.0 Å². The predicted molar refractivity (Wildman–Crippen MR) is 85.6 cm³/mol. The molecule has 132 valence electrons. The van der Waals surface area contributed by atoms with Gasteiger partial charge < -0.3 is 10.2 Å². The summed E-state index contributed by atoms with van der Waals surface area (Å²) in [6.45, 7) is 3.54. The van der Waals surface area contributed by atoms with Crippen molar-refractivity contribution in [2.45, 2.75) is 56.8 Å². The predicted octanol–water partition coefficient (Wildman–Crippen LogP) is 3.55. The van der Waals surface area contributed by atoms with Crippen LogP contribution < -0.4 is 5.32 Å². The molecule has 2 saturated heterocycles. The minimum absolute atomic E-state index is 0.0203. The molecule has 0 radical (unpaired) electrons. The topological polar surface area (TPSA) is 32.3 Å². The molecule has 3 unspecified atom stereocenters. The number of hydrogen-bond donors (Lipinski definition) is 1. The summed E-state index contributed by atoms with van der Waals surface area (Å²) in [5.41, 5.74) is -0.222. The number of halogens is 3. The molecule has 3 atom stereocenters. The summed E-state index contributed by atoms with van der Waals surface area (Å²) in [6.07, 6.45) is -0.993. The van der Waals surface area contributed by atoms with Crippen molar-refractivity contribution in [3.05, 3.63) is 35.4 Å². The van der Waals surface area contributed by atoms with Crippen LogP contribution in [0.3, 0.4) is 0 Å². The number of fused-ring (bicyclic) bond motifs is 2. The van der Waals surface area contributed by atoms with Gasteiger partial charge in [-0.25, -0.2) is 0 Å². The fourth-order valence-corrected chi connectivity index (χ4v) is 4.01. The average Bonchev–Trinajstić information content (AvgIpc) is 2.80. The number of hydrogen-bond acceptors (Lipinski definition) is 2. The van der Waals surface area contributed by atoms with E-state index in [9.17, 15) is 18.0 Å². The average molecular weight is 340 g/mol. The van der Waals surface area contributed by atoms with Gasteiger partial charge in [0.1, 0.15) is 0 Å². The monoisotopic (exact) mass is 340 g/mol. The molecule has 3 rings (SSSR count). The summed E-state index contributed by atoms with van der Waals surface area (Å²) >= 11 is 0. The highest BCUT2D eigenvalue weighted by Gasteiger charge is 2.40. The number of carbonyl (C=O) groups excluding carboxylic acids is 1. The number of carbonyl (C=O) groups is 1. The van der Waals surface area contributed by atoms with E-state index >= 15 is 0 Å². The van der Waals surface area contributed by atoms with Gasteiger partial charge in [-0.3, -0.25) is 4.79 Å². The molecule has 3 nitrogen and oxygen atoms in total. The minimum Gasteiger partial charge on any atom is -0.335 e. The molecule has 1 aromatic rings. The number of nitrogens with one attached hydrogen (secondary N) is 1. The molecular weight excluding hydrogens is 317 g/mol.